The van der Waals surface area contributed by atoms with Crippen molar-refractivity contribution in [3.63, 3.8) is 0 Å². The van der Waals surface area contributed by atoms with Gasteiger partial charge in [-0.25, -0.2) is 15.0 Å². The zero-order chi connectivity index (χ0) is 18.8. The zero-order valence-electron chi connectivity index (χ0n) is 14.6. The van der Waals surface area contributed by atoms with Crippen LogP contribution in [0.1, 0.15) is 5.56 Å². The van der Waals surface area contributed by atoms with Crippen LogP contribution in [-0.2, 0) is 0 Å². The van der Waals surface area contributed by atoms with Crippen molar-refractivity contribution in [1.29, 1.82) is 0 Å². The van der Waals surface area contributed by atoms with E-state index in [9.17, 15) is 5.11 Å². The fourth-order valence-electron chi connectivity index (χ4n) is 2.77. The van der Waals surface area contributed by atoms with Crippen LogP contribution in [0.25, 0.3) is 34.2 Å². The van der Waals surface area contributed by atoms with E-state index in [0.717, 1.165) is 16.7 Å². The van der Waals surface area contributed by atoms with Gasteiger partial charge in [-0.15, -0.1) is 0 Å². The number of phenolic OH excluding ortho intramolecular Hbond substituents is 1. The minimum absolute atomic E-state index is 0.141. The molecule has 0 radical (unpaired) electrons. The summed E-state index contributed by atoms with van der Waals surface area (Å²) in [6.45, 7) is 1.92. The van der Waals surface area contributed by atoms with Gasteiger partial charge in [0, 0.05) is 16.1 Å². The highest BCUT2D eigenvalue weighted by molar-refractivity contribution is 6.30. The highest BCUT2D eigenvalue weighted by Crippen LogP contribution is 2.30. The van der Waals surface area contributed by atoms with Crippen LogP contribution in [0.15, 0.2) is 72.8 Å². The standard InChI is InChI=1S/C22H16ClN3O/c1-14-7-12-18(19(27)13-14)22-25-20(15-5-3-2-4-6-15)24-21(26-22)16-8-10-17(23)11-9-16/h2-13,27H,1H3. The lowest BCUT2D eigenvalue weighted by Gasteiger charge is -2.09. The Morgan fingerprint density at radius 1 is 0.704 bits per heavy atom. The first kappa shape index (κ1) is 17.2. The molecule has 0 saturated carbocycles. The summed E-state index contributed by atoms with van der Waals surface area (Å²) < 4.78 is 0. The van der Waals surface area contributed by atoms with Crippen molar-refractivity contribution in [2.24, 2.45) is 0 Å². The van der Waals surface area contributed by atoms with Crippen LogP contribution in [0.2, 0.25) is 5.02 Å². The predicted molar refractivity (Wildman–Crippen MR) is 108 cm³/mol. The largest absolute Gasteiger partial charge is 0.507 e. The fourth-order valence-corrected chi connectivity index (χ4v) is 2.90. The van der Waals surface area contributed by atoms with Crippen LogP contribution in [0.4, 0.5) is 0 Å². The molecule has 1 heterocycles. The number of benzene rings is 3. The van der Waals surface area contributed by atoms with Crippen LogP contribution >= 0.6 is 11.6 Å². The van der Waals surface area contributed by atoms with Crippen LogP contribution in [0.5, 0.6) is 5.75 Å². The summed E-state index contributed by atoms with van der Waals surface area (Å²) in [6.07, 6.45) is 0. The Morgan fingerprint density at radius 2 is 1.30 bits per heavy atom. The van der Waals surface area contributed by atoms with Crippen LogP contribution in [0.3, 0.4) is 0 Å². The SMILES string of the molecule is Cc1ccc(-c2nc(-c3ccccc3)nc(-c3ccc(Cl)cc3)n2)c(O)c1. The Balaban J connectivity index is 1.93. The number of halogens is 1. The average Bonchev–Trinajstić information content (AvgIpc) is 2.69. The van der Waals surface area contributed by atoms with E-state index in [1.54, 1.807) is 18.2 Å². The lowest BCUT2D eigenvalue weighted by atomic mass is 10.1. The maximum Gasteiger partial charge on any atom is 0.167 e. The van der Waals surface area contributed by atoms with E-state index >= 15 is 0 Å². The molecule has 1 N–H and O–H groups in total. The van der Waals surface area contributed by atoms with Gasteiger partial charge in [-0.3, -0.25) is 0 Å². The molecule has 0 bridgehead atoms. The summed E-state index contributed by atoms with van der Waals surface area (Å²) in [7, 11) is 0. The molecule has 3 aromatic carbocycles. The quantitative estimate of drug-likeness (QED) is 0.512. The third kappa shape index (κ3) is 3.66. The maximum atomic E-state index is 10.4. The molecule has 0 spiro atoms. The minimum atomic E-state index is 0.141. The molecular formula is C22H16ClN3O. The van der Waals surface area contributed by atoms with Crippen molar-refractivity contribution in [3.05, 3.63) is 83.4 Å². The molecule has 0 aliphatic carbocycles. The minimum Gasteiger partial charge on any atom is -0.507 e. The van der Waals surface area contributed by atoms with Gasteiger partial charge in [-0.2, -0.15) is 0 Å². The first-order valence-electron chi connectivity index (χ1n) is 8.47. The monoisotopic (exact) mass is 373 g/mol. The summed E-state index contributed by atoms with van der Waals surface area (Å²) in [5.74, 6) is 1.63. The molecule has 0 aliphatic rings. The predicted octanol–water partition coefficient (Wildman–Crippen LogP) is 5.54. The highest BCUT2D eigenvalue weighted by atomic mass is 35.5. The first-order valence-corrected chi connectivity index (χ1v) is 8.85. The summed E-state index contributed by atoms with van der Waals surface area (Å²) in [5, 5.41) is 11.0. The van der Waals surface area contributed by atoms with Crippen molar-refractivity contribution in [1.82, 2.24) is 15.0 Å². The van der Waals surface area contributed by atoms with Crippen molar-refractivity contribution >= 4 is 11.6 Å². The lowest BCUT2D eigenvalue weighted by molar-refractivity contribution is 0.476. The Kier molecular flexibility index (Phi) is 4.57. The third-order valence-corrected chi connectivity index (χ3v) is 4.42. The fraction of sp³-hybridized carbons (Fsp3) is 0.0455. The van der Waals surface area contributed by atoms with Crippen molar-refractivity contribution < 1.29 is 5.11 Å². The number of aromatic hydroxyl groups is 1. The Hall–Kier alpha value is -3.24. The number of rotatable bonds is 3. The molecule has 0 fully saturated rings. The van der Waals surface area contributed by atoms with Crippen LogP contribution in [-0.4, -0.2) is 20.1 Å². The lowest BCUT2D eigenvalue weighted by Crippen LogP contribution is -2.00. The maximum absolute atomic E-state index is 10.4. The number of aromatic nitrogens is 3. The first-order chi connectivity index (χ1) is 13.1. The molecule has 4 aromatic rings. The van der Waals surface area contributed by atoms with Gasteiger partial charge in [0.2, 0.25) is 0 Å². The van der Waals surface area contributed by atoms with E-state index in [1.165, 1.54) is 0 Å². The van der Waals surface area contributed by atoms with Crippen molar-refractivity contribution in [2.45, 2.75) is 6.92 Å². The Morgan fingerprint density at radius 3 is 1.93 bits per heavy atom. The average molecular weight is 374 g/mol. The van der Waals surface area contributed by atoms with E-state index in [1.807, 2.05) is 61.5 Å². The third-order valence-electron chi connectivity index (χ3n) is 4.16. The van der Waals surface area contributed by atoms with Gasteiger partial charge < -0.3 is 5.11 Å². The van der Waals surface area contributed by atoms with E-state index in [2.05, 4.69) is 15.0 Å². The van der Waals surface area contributed by atoms with Crippen molar-refractivity contribution in [2.75, 3.05) is 0 Å². The molecule has 0 unspecified atom stereocenters. The van der Waals surface area contributed by atoms with E-state index in [0.29, 0.717) is 28.1 Å². The molecule has 0 amide bonds. The zero-order valence-corrected chi connectivity index (χ0v) is 15.4. The molecule has 4 nitrogen and oxygen atoms in total. The second-order valence-electron chi connectivity index (χ2n) is 6.20. The molecule has 27 heavy (non-hydrogen) atoms. The second-order valence-corrected chi connectivity index (χ2v) is 6.64. The molecule has 132 valence electrons. The van der Waals surface area contributed by atoms with Gasteiger partial charge in [-0.05, 0) is 48.9 Å². The van der Waals surface area contributed by atoms with Crippen LogP contribution in [0, 0.1) is 6.92 Å². The van der Waals surface area contributed by atoms with Gasteiger partial charge >= 0.3 is 0 Å². The molecule has 0 atom stereocenters. The van der Waals surface area contributed by atoms with Gasteiger partial charge in [0.25, 0.3) is 0 Å². The topological polar surface area (TPSA) is 58.9 Å². The molecule has 0 saturated heterocycles. The van der Waals surface area contributed by atoms with Gasteiger partial charge in [-0.1, -0.05) is 48.0 Å². The number of hydrogen-bond donors (Lipinski definition) is 1. The van der Waals surface area contributed by atoms with Gasteiger partial charge in [0.05, 0.1) is 5.56 Å². The van der Waals surface area contributed by atoms with E-state index < -0.39 is 0 Å². The smallest absolute Gasteiger partial charge is 0.167 e. The summed E-state index contributed by atoms with van der Waals surface area (Å²) in [4.78, 5) is 13.8. The van der Waals surface area contributed by atoms with Crippen LogP contribution < -0.4 is 0 Å². The molecule has 1 aromatic heterocycles. The normalized spacial score (nSPS) is 10.7. The summed E-state index contributed by atoms with van der Waals surface area (Å²) in [5.41, 5.74) is 3.23. The molecule has 5 heteroatoms. The number of phenols is 1. The van der Waals surface area contributed by atoms with Gasteiger partial charge in [0.1, 0.15) is 5.75 Å². The van der Waals surface area contributed by atoms with Crippen molar-refractivity contribution in [3.8, 4) is 39.9 Å². The molecule has 0 aliphatic heterocycles. The number of nitrogens with zero attached hydrogens (tertiary/aromatic N) is 3. The summed E-state index contributed by atoms with van der Waals surface area (Å²) >= 11 is 6.00. The van der Waals surface area contributed by atoms with E-state index in [4.69, 9.17) is 11.6 Å². The Bertz CT molecular complexity index is 1100. The number of hydrogen-bond acceptors (Lipinski definition) is 4. The van der Waals surface area contributed by atoms with E-state index in [-0.39, 0.29) is 5.75 Å². The van der Waals surface area contributed by atoms with Gasteiger partial charge in [0.15, 0.2) is 17.5 Å². The molecular weight excluding hydrogens is 358 g/mol. The number of aryl methyl sites for hydroxylation is 1. The Labute approximate surface area is 162 Å². The second kappa shape index (κ2) is 7.17. The molecule has 4 rings (SSSR count). The highest BCUT2D eigenvalue weighted by Gasteiger charge is 2.14. The summed E-state index contributed by atoms with van der Waals surface area (Å²) in [6, 6.07) is 22.5.